The minimum Gasteiger partial charge on any atom is -0.390 e. The average Bonchev–Trinajstić information content (AvgIpc) is 3.23. The number of nitrogens with zero attached hydrogens (tertiary/aromatic N) is 1. The van der Waals surface area contributed by atoms with Gasteiger partial charge in [0.25, 0.3) is 0 Å². The van der Waals surface area contributed by atoms with Crippen LogP contribution >= 0.6 is 0 Å². The number of nitrogens with two attached hydrogens (primary N) is 1. The minimum atomic E-state index is -0.649. The molecular formula is C16H25N3O2. The number of carbonyl (C=O) groups excluding carboxylic acids is 1. The van der Waals surface area contributed by atoms with Crippen molar-refractivity contribution in [3.8, 4) is 0 Å². The molecule has 0 bridgehead atoms. The van der Waals surface area contributed by atoms with Gasteiger partial charge >= 0.3 is 0 Å². The first-order valence-corrected chi connectivity index (χ1v) is 7.50. The summed E-state index contributed by atoms with van der Waals surface area (Å²) in [6.45, 7) is 0.692. The summed E-state index contributed by atoms with van der Waals surface area (Å²) in [5.41, 5.74) is 7.15. The van der Waals surface area contributed by atoms with Gasteiger partial charge in [-0.05, 0) is 31.9 Å². The van der Waals surface area contributed by atoms with E-state index in [-0.39, 0.29) is 11.9 Å². The Morgan fingerprint density at radius 3 is 2.71 bits per heavy atom. The van der Waals surface area contributed by atoms with Gasteiger partial charge < -0.3 is 16.2 Å². The summed E-state index contributed by atoms with van der Waals surface area (Å²) in [5, 5.41) is 13.1. The molecule has 1 fully saturated rings. The topological polar surface area (TPSA) is 78.6 Å². The molecular weight excluding hydrogens is 266 g/mol. The second-order valence-corrected chi connectivity index (χ2v) is 5.96. The van der Waals surface area contributed by atoms with Gasteiger partial charge in [0.15, 0.2) is 0 Å². The van der Waals surface area contributed by atoms with Crippen LogP contribution in [0.5, 0.6) is 0 Å². The van der Waals surface area contributed by atoms with E-state index in [4.69, 9.17) is 5.73 Å². The standard InChI is InChI=1S/C16H25N3O2/c1-19(11-16(21)18-13-7-8-13)10-15(20)14(17)9-12-5-3-2-4-6-12/h2-6,13-15,20H,7-11,17H2,1H3,(H,18,21). The molecule has 0 radical (unpaired) electrons. The predicted octanol–water partition coefficient (Wildman–Crippen LogP) is 0.128. The van der Waals surface area contributed by atoms with Crippen LogP contribution in [0.3, 0.4) is 0 Å². The summed E-state index contributed by atoms with van der Waals surface area (Å²) in [4.78, 5) is 13.5. The van der Waals surface area contributed by atoms with Crippen LogP contribution in [0.25, 0.3) is 0 Å². The summed E-state index contributed by atoms with van der Waals surface area (Å²) in [6, 6.07) is 9.92. The molecule has 0 heterocycles. The summed E-state index contributed by atoms with van der Waals surface area (Å²) in [6.07, 6.45) is 2.15. The first-order chi connectivity index (χ1) is 10.0. The van der Waals surface area contributed by atoms with Crippen molar-refractivity contribution < 1.29 is 9.90 Å². The normalized spacial score (nSPS) is 17.5. The third-order valence-electron chi connectivity index (χ3n) is 3.66. The van der Waals surface area contributed by atoms with Crippen LogP contribution in [-0.2, 0) is 11.2 Å². The quantitative estimate of drug-likeness (QED) is 0.636. The zero-order chi connectivity index (χ0) is 15.2. The Bertz CT molecular complexity index is 448. The molecule has 0 aliphatic heterocycles. The molecule has 5 nitrogen and oxygen atoms in total. The van der Waals surface area contributed by atoms with E-state index in [2.05, 4.69) is 5.32 Å². The van der Waals surface area contributed by atoms with Crippen LogP contribution in [0, 0.1) is 0 Å². The second kappa shape index (κ2) is 7.54. The number of aliphatic hydroxyl groups excluding tert-OH is 1. The van der Waals surface area contributed by atoms with Gasteiger partial charge in [-0.15, -0.1) is 0 Å². The average molecular weight is 291 g/mol. The number of amides is 1. The molecule has 0 saturated heterocycles. The third-order valence-corrected chi connectivity index (χ3v) is 3.66. The summed E-state index contributed by atoms with van der Waals surface area (Å²) < 4.78 is 0. The van der Waals surface area contributed by atoms with Crippen molar-refractivity contribution in [2.75, 3.05) is 20.1 Å². The van der Waals surface area contributed by atoms with Gasteiger partial charge in [-0.25, -0.2) is 0 Å². The molecule has 1 aromatic carbocycles. The van der Waals surface area contributed by atoms with E-state index < -0.39 is 6.10 Å². The molecule has 1 aliphatic carbocycles. The van der Waals surface area contributed by atoms with Crippen LogP contribution < -0.4 is 11.1 Å². The Labute approximate surface area is 126 Å². The van der Waals surface area contributed by atoms with Crippen molar-refractivity contribution in [3.63, 3.8) is 0 Å². The number of rotatable bonds is 8. The Kier molecular flexibility index (Phi) is 5.73. The number of carbonyl (C=O) groups is 1. The largest absolute Gasteiger partial charge is 0.390 e. The molecule has 4 N–H and O–H groups in total. The maximum atomic E-state index is 11.7. The maximum Gasteiger partial charge on any atom is 0.234 e. The van der Waals surface area contributed by atoms with Gasteiger partial charge in [-0.3, -0.25) is 9.69 Å². The fourth-order valence-electron chi connectivity index (χ4n) is 2.29. The number of hydrogen-bond donors (Lipinski definition) is 3. The summed E-state index contributed by atoms with van der Waals surface area (Å²) in [5.74, 6) is 0.0174. The lowest BCUT2D eigenvalue weighted by Gasteiger charge is -2.24. The van der Waals surface area contributed by atoms with Crippen LogP contribution in [0.1, 0.15) is 18.4 Å². The molecule has 21 heavy (non-hydrogen) atoms. The first-order valence-electron chi connectivity index (χ1n) is 7.50. The first kappa shape index (κ1) is 15.9. The maximum absolute atomic E-state index is 11.7. The van der Waals surface area contributed by atoms with E-state index in [1.807, 2.05) is 42.3 Å². The molecule has 1 aromatic rings. The molecule has 5 heteroatoms. The van der Waals surface area contributed by atoms with E-state index in [1.165, 1.54) is 0 Å². The Morgan fingerprint density at radius 2 is 2.10 bits per heavy atom. The Balaban J connectivity index is 1.71. The van der Waals surface area contributed by atoms with E-state index in [9.17, 15) is 9.90 Å². The number of hydrogen-bond acceptors (Lipinski definition) is 4. The third kappa shape index (κ3) is 5.83. The highest BCUT2D eigenvalue weighted by Gasteiger charge is 2.24. The molecule has 1 aliphatic rings. The van der Waals surface area contributed by atoms with Crippen molar-refractivity contribution in [1.29, 1.82) is 0 Å². The fourth-order valence-corrected chi connectivity index (χ4v) is 2.29. The molecule has 2 unspecified atom stereocenters. The van der Waals surface area contributed by atoms with Crippen LogP contribution in [0.15, 0.2) is 30.3 Å². The summed E-state index contributed by atoms with van der Waals surface area (Å²) >= 11 is 0. The zero-order valence-electron chi connectivity index (χ0n) is 12.5. The Hall–Kier alpha value is -1.43. The molecule has 1 amide bonds. The van der Waals surface area contributed by atoms with Crippen LogP contribution in [0.2, 0.25) is 0 Å². The fraction of sp³-hybridized carbons (Fsp3) is 0.562. The highest BCUT2D eigenvalue weighted by molar-refractivity contribution is 5.78. The predicted molar refractivity (Wildman–Crippen MR) is 82.8 cm³/mol. The van der Waals surface area contributed by atoms with E-state index in [0.29, 0.717) is 25.6 Å². The second-order valence-electron chi connectivity index (χ2n) is 5.96. The number of benzene rings is 1. The lowest BCUT2D eigenvalue weighted by Crippen LogP contribution is -2.46. The van der Waals surface area contributed by atoms with Gasteiger partial charge in [-0.2, -0.15) is 0 Å². The summed E-state index contributed by atoms with van der Waals surface area (Å²) in [7, 11) is 1.82. The van der Waals surface area contributed by atoms with Gasteiger partial charge in [0.2, 0.25) is 5.91 Å². The number of aliphatic hydroxyl groups is 1. The van der Waals surface area contributed by atoms with Gasteiger partial charge in [-0.1, -0.05) is 30.3 Å². The van der Waals surface area contributed by atoms with Crippen molar-refractivity contribution >= 4 is 5.91 Å². The Morgan fingerprint density at radius 1 is 1.43 bits per heavy atom. The van der Waals surface area contributed by atoms with Crippen molar-refractivity contribution in [1.82, 2.24) is 10.2 Å². The lowest BCUT2D eigenvalue weighted by molar-refractivity contribution is -0.122. The lowest BCUT2D eigenvalue weighted by atomic mass is 10.0. The van der Waals surface area contributed by atoms with E-state index >= 15 is 0 Å². The van der Waals surface area contributed by atoms with E-state index in [0.717, 1.165) is 18.4 Å². The van der Waals surface area contributed by atoms with Crippen LogP contribution in [-0.4, -0.2) is 54.2 Å². The van der Waals surface area contributed by atoms with Gasteiger partial charge in [0.05, 0.1) is 12.6 Å². The highest BCUT2D eigenvalue weighted by Crippen LogP contribution is 2.18. The van der Waals surface area contributed by atoms with E-state index in [1.54, 1.807) is 0 Å². The molecule has 2 rings (SSSR count). The molecule has 1 saturated carbocycles. The zero-order valence-corrected chi connectivity index (χ0v) is 12.5. The SMILES string of the molecule is CN(CC(=O)NC1CC1)CC(O)C(N)Cc1ccccc1. The molecule has 0 spiro atoms. The molecule has 0 aromatic heterocycles. The minimum absolute atomic E-state index is 0.0174. The molecule has 116 valence electrons. The van der Waals surface area contributed by atoms with Gasteiger partial charge in [0.1, 0.15) is 0 Å². The van der Waals surface area contributed by atoms with Crippen molar-refractivity contribution in [3.05, 3.63) is 35.9 Å². The monoisotopic (exact) mass is 291 g/mol. The van der Waals surface area contributed by atoms with Crippen molar-refractivity contribution in [2.24, 2.45) is 5.73 Å². The molecule has 2 atom stereocenters. The smallest absolute Gasteiger partial charge is 0.234 e. The highest BCUT2D eigenvalue weighted by atomic mass is 16.3. The number of nitrogens with one attached hydrogen (secondary N) is 1. The van der Waals surface area contributed by atoms with Crippen molar-refractivity contribution in [2.45, 2.75) is 37.5 Å². The number of likely N-dealkylation sites (N-methyl/N-ethyl adjacent to an activating group) is 1. The van der Waals surface area contributed by atoms with Crippen LogP contribution in [0.4, 0.5) is 0 Å². The van der Waals surface area contributed by atoms with Gasteiger partial charge in [0, 0.05) is 18.6 Å².